The van der Waals surface area contributed by atoms with E-state index in [1.54, 1.807) is 24.3 Å². The summed E-state index contributed by atoms with van der Waals surface area (Å²) in [6.07, 6.45) is 1.42. The molecule has 1 aromatic carbocycles. The van der Waals surface area contributed by atoms with Crippen LogP contribution in [0.5, 0.6) is 11.6 Å². The second-order valence-electron chi connectivity index (χ2n) is 3.23. The standard InChI is InChI=1S/C12H10FNO2/c13-11-4-2-1-3-9(11)8-16-10-5-6-14-12(15)7-10/h1-7H,8H2,(H,14,15). The van der Waals surface area contributed by atoms with Crippen molar-refractivity contribution in [3.05, 3.63) is 54.0 Å². The van der Waals surface area contributed by atoms with Crippen molar-refractivity contribution in [2.45, 2.75) is 6.61 Å². The molecule has 1 aromatic heterocycles. The SMILES string of the molecule is Oc1cc(OCc2ccccc2F)ccn1. The molecule has 0 aliphatic heterocycles. The lowest BCUT2D eigenvalue weighted by Gasteiger charge is -2.06. The maximum Gasteiger partial charge on any atom is 0.214 e. The van der Waals surface area contributed by atoms with Gasteiger partial charge in [-0.15, -0.1) is 0 Å². The Morgan fingerprint density at radius 1 is 1.25 bits per heavy atom. The zero-order valence-electron chi connectivity index (χ0n) is 8.43. The number of halogens is 1. The highest BCUT2D eigenvalue weighted by molar-refractivity contribution is 5.26. The Morgan fingerprint density at radius 2 is 2.06 bits per heavy atom. The van der Waals surface area contributed by atoms with Gasteiger partial charge in [-0.2, -0.15) is 0 Å². The van der Waals surface area contributed by atoms with E-state index < -0.39 is 0 Å². The van der Waals surface area contributed by atoms with Crippen LogP contribution in [0.2, 0.25) is 0 Å². The highest BCUT2D eigenvalue weighted by atomic mass is 19.1. The summed E-state index contributed by atoms with van der Waals surface area (Å²) in [4.78, 5) is 3.61. The minimum atomic E-state index is -0.305. The Balaban J connectivity index is 2.05. The van der Waals surface area contributed by atoms with Crippen LogP contribution < -0.4 is 4.74 Å². The maximum absolute atomic E-state index is 13.2. The Bertz CT molecular complexity index is 488. The summed E-state index contributed by atoms with van der Waals surface area (Å²) in [5, 5.41) is 9.10. The normalized spacial score (nSPS) is 10.1. The number of nitrogens with zero attached hydrogens (tertiary/aromatic N) is 1. The summed E-state index contributed by atoms with van der Waals surface area (Å²) >= 11 is 0. The van der Waals surface area contributed by atoms with Gasteiger partial charge in [0.15, 0.2) is 0 Å². The minimum Gasteiger partial charge on any atom is -0.493 e. The predicted molar refractivity (Wildman–Crippen MR) is 56.6 cm³/mol. The number of aromatic hydroxyl groups is 1. The third-order valence-corrected chi connectivity index (χ3v) is 2.07. The first-order valence-corrected chi connectivity index (χ1v) is 4.77. The van der Waals surface area contributed by atoms with Gasteiger partial charge in [0.1, 0.15) is 18.2 Å². The van der Waals surface area contributed by atoms with Gasteiger partial charge >= 0.3 is 0 Å². The summed E-state index contributed by atoms with van der Waals surface area (Å²) in [6.45, 7) is 0.121. The summed E-state index contributed by atoms with van der Waals surface area (Å²) in [5.41, 5.74) is 0.471. The largest absolute Gasteiger partial charge is 0.493 e. The van der Waals surface area contributed by atoms with E-state index >= 15 is 0 Å². The van der Waals surface area contributed by atoms with Crippen LogP contribution in [0, 0.1) is 5.82 Å². The summed E-state index contributed by atoms with van der Waals surface area (Å²) < 4.78 is 18.5. The fourth-order valence-electron chi connectivity index (χ4n) is 1.27. The van der Waals surface area contributed by atoms with E-state index in [2.05, 4.69) is 4.98 Å². The van der Waals surface area contributed by atoms with Crippen LogP contribution in [0.25, 0.3) is 0 Å². The highest BCUT2D eigenvalue weighted by Gasteiger charge is 2.02. The molecule has 0 atom stereocenters. The van der Waals surface area contributed by atoms with E-state index in [0.29, 0.717) is 11.3 Å². The van der Waals surface area contributed by atoms with Crippen molar-refractivity contribution in [1.29, 1.82) is 0 Å². The van der Waals surface area contributed by atoms with Gasteiger partial charge in [-0.3, -0.25) is 0 Å². The lowest BCUT2D eigenvalue weighted by atomic mass is 10.2. The van der Waals surface area contributed by atoms with Crippen molar-refractivity contribution >= 4 is 0 Å². The molecule has 0 aliphatic rings. The van der Waals surface area contributed by atoms with E-state index in [0.717, 1.165) is 0 Å². The van der Waals surface area contributed by atoms with Crippen LogP contribution in [0.3, 0.4) is 0 Å². The number of pyridine rings is 1. The van der Waals surface area contributed by atoms with E-state index in [-0.39, 0.29) is 18.3 Å². The monoisotopic (exact) mass is 219 g/mol. The van der Waals surface area contributed by atoms with Gasteiger partial charge in [0.25, 0.3) is 0 Å². The van der Waals surface area contributed by atoms with Crippen molar-refractivity contribution in [3.63, 3.8) is 0 Å². The van der Waals surface area contributed by atoms with Crippen LogP contribution in [0.4, 0.5) is 4.39 Å². The van der Waals surface area contributed by atoms with Crippen LogP contribution >= 0.6 is 0 Å². The average molecular weight is 219 g/mol. The molecule has 0 radical (unpaired) electrons. The number of benzene rings is 1. The molecule has 1 heterocycles. The molecule has 1 N–H and O–H groups in total. The Kier molecular flexibility index (Phi) is 3.00. The van der Waals surface area contributed by atoms with Crippen molar-refractivity contribution in [2.24, 2.45) is 0 Å². The molecular weight excluding hydrogens is 209 g/mol. The lowest BCUT2D eigenvalue weighted by Crippen LogP contribution is -1.98. The fraction of sp³-hybridized carbons (Fsp3) is 0.0833. The van der Waals surface area contributed by atoms with E-state index in [1.165, 1.54) is 18.3 Å². The van der Waals surface area contributed by atoms with Gasteiger partial charge in [-0.25, -0.2) is 9.37 Å². The molecule has 2 rings (SSSR count). The van der Waals surface area contributed by atoms with Crippen molar-refractivity contribution in [2.75, 3.05) is 0 Å². The van der Waals surface area contributed by atoms with Crippen LogP contribution in [0.15, 0.2) is 42.6 Å². The molecular formula is C12H10FNO2. The van der Waals surface area contributed by atoms with Gasteiger partial charge in [0, 0.05) is 17.8 Å². The van der Waals surface area contributed by atoms with Gasteiger partial charge in [-0.05, 0) is 12.1 Å². The van der Waals surface area contributed by atoms with Crippen molar-refractivity contribution in [3.8, 4) is 11.6 Å². The average Bonchev–Trinajstić information content (AvgIpc) is 2.28. The molecule has 2 aromatic rings. The molecule has 0 amide bonds. The second-order valence-corrected chi connectivity index (χ2v) is 3.23. The number of aromatic nitrogens is 1. The number of hydrogen-bond acceptors (Lipinski definition) is 3. The zero-order chi connectivity index (χ0) is 11.4. The van der Waals surface area contributed by atoms with Crippen molar-refractivity contribution < 1.29 is 14.2 Å². The van der Waals surface area contributed by atoms with Gasteiger partial charge in [0.2, 0.25) is 5.88 Å². The molecule has 4 heteroatoms. The lowest BCUT2D eigenvalue weighted by molar-refractivity contribution is 0.297. The Labute approximate surface area is 92.1 Å². The number of hydrogen-bond donors (Lipinski definition) is 1. The molecule has 0 aliphatic carbocycles. The topological polar surface area (TPSA) is 42.4 Å². The van der Waals surface area contributed by atoms with Gasteiger partial charge < -0.3 is 9.84 Å². The van der Waals surface area contributed by atoms with Crippen molar-refractivity contribution in [1.82, 2.24) is 4.98 Å². The van der Waals surface area contributed by atoms with E-state index in [1.807, 2.05) is 0 Å². The zero-order valence-corrected chi connectivity index (χ0v) is 8.43. The molecule has 0 saturated carbocycles. The molecule has 3 nitrogen and oxygen atoms in total. The smallest absolute Gasteiger partial charge is 0.214 e. The minimum absolute atomic E-state index is 0.119. The number of ether oxygens (including phenoxy) is 1. The Hall–Kier alpha value is -2.10. The van der Waals surface area contributed by atoms with E-state index in [4.69, 9.17) is 9.84 Å². The highest BCUT2D eigenvalue weighted by Crippen LogP contribution is 2.17. The quantitative estimate of drug-likeness (QED) is 0.862. The Morgan fingerprint density at radius 3 is 2.81 bits per heavy atom. The molecule has 0 spiro atoms. The first-order valence-electron chi connectivity index (χ1n) is 4.77. The third kappa shape index (κ3) is 2.48. The molecule has 0 unspecified atom stereocenters. The molecule has 0 fully saturated rings. The first-order chi connectivity index (χ1) is 7.75. The van der Waals surface area contributed by atoms with Gasteiger partial charge in [0.05, 0.1) is 0 Å². The van der Waals surface area contributed by atoms with Crippen LogP contribution in [-0.4, -0.2) is 10.1 Å². The fourth-order valence-corrected chi connectivity index (χ4v) is 1.27. The molecule has 16 heavy (non-hydrogen) atoms. The maximum atomic E-state index is 13.2. The summed E-state index contributed by atoms with van der Waals surface area (Å²) in [6, 6.07) is 9.36. The first kappa shape index (κ1) is 10.4. The summed E-state index contributed by atoms with van der Waals surface area (Å²) in [7, 11) is 0. The molecule has 0 bridgehead atoms. The van der Waals surface area contributed by atoms with Crippen LogP contribution in [-0.2, 0) is 6.61 Å². The van der Waals surface area contributed by atoms with E-state index in [9.17, 15) is 4.39 Å². The van der Waals surface area contributed by atoms with Crippen LogP contribution in [0.1, 0.15) is 5.56 Å². The van der Waals surface area contributed by atoms with Gasteiger partial charge in [-0.1, -0.05) is 18.2 Å². The molecule has 82 valence electrons. The number of rotatable bonds is 3. The third-order valence-electron chi connectivity index (χ3n) is 2.07. The second kappa shape index (κ2) is 4.61. The molecule has 0 saturated heterocycles. The summed E-state index contributed by atoms with van der Waals surface area (Å²) in [5.74, 6) is 0.0302. The predicted octanol–water partition coefficient (Wildman–Crippen LogP) is 2.51.